The lowest BCUT2D eigenvalue weighted by Crippen LogP contribution is -2.14. The van der Waals surface area contributed by atoms with E-state index >= 15 is 0 Å². The Hall–Kier alpha value is -1.03. The van der Waals surface area contributed by atoms with Gasteiger partial charge >= 0.3 is 0 Å². The first-order valence-corrected chi connectivity index (χ1v) is 4.99. The summed E-state index contributed by atoms with van der Waals surface area (Å²) in [5, 5.41) is 3.13. The van der Waals surface area contributed by atoms with Crippen molar-refractivity contribution in [1.82, 2.24) is 5.32 Å². The van der Waals surface area contributed by atoms with Crippen molar-refractivity contribution in [2.24, 2.45) is 0 Å². The molecule has 1 aliphatic rings. The summed E-state index contributed by atoms with van der Waals surface area (Å²) in [5.41, 5.74) is 0.242. The van der Waals surface area contributed by atoms with Crippen LogP contribution in [0.5, 0.6) is 0 Å². The molecule has 0 amide bonds. The number of alkyl halides is 2. The largest absolute Gasteiger partial charge is 0.310 e. The molecule has 2 rings (SSSR count). The quantitative estimate of drug-likeness (QED) is 0.798. The van der Waals surface area contributed by atoms with Crippen LogP contribution in [0.1, 0.15) is 36.4 Å². The molecular weight excluding hydrogens is 203 g/mol. The van der Waals surface area contributed by atoms with Crippen LogP contribution in [-0.4, -0.2) is 6.54 Å². The van der Waals surface area contributed by atoms with E-state index in [1.165, 1.54) is 12.1 Å². The Morgan fingerprint density at radius 1 is 1.33 bits per heavy atom. The topological polar surface area (TPSA) is 12.0 Å². The van der Waals surface area contributed by atoms with Crippen LogP contribution in [0.15, 0.2) is 18.2 Å². The Labute approximate surface area is 86.3 Å². The summed E-state index contributed by atoms with van der Waals surface area (Å²) in [5.74, 6) is -0.535. The standard InChI is InChI=1S/C11H12F3N/c12-9-6-7(11(13)14)3-4-8(9)10-2-1-5-15-10/h3-4,6,10-11,15H,1-2,5H2. The fraction of sp³-hybridized carbons (Fsp3) is 0.455. The predicted molar refractivity (Wildman–Crippen MR) is 51.3 cm³/mol. The van der Waals surface area contributed by atoms with E-state index in [4.69, 9.17) is 0 Å². The zero-order valence-corrected chi connectivity index (χ0v) is 8.14. The highest BCUT2D eigenvalue weighted by Crippen LogP contribution is 2.28. The molecule has 1 nitrogen and oxygen atoms in total. The van der Waals surface area contributed by atoms with Gasteiger partial charge in [0, 0.05) is 17.2 Å². The van der Waals surface area contributed by atoms with Gasteiger partial charge in [-0.25, -0.2) is 13.2 Å². The molecule has 0 aliphatic carbocycles. The minimum atomic E-state index is -2.61. The Balaban J connectivity index is 2.25. The van der Waals surface area contributed by atoms with Crippen molar-refractivity contribution in [2.45, 2.75) is 25.3 Å². The average molecular weight is 215 g/mol. The van der Waals surface area contributed by atoms with Gasteiger partial charge in [0.15, 0.2) is 0 Å². The molecule has 1 aliphatic heterocycles. The van der Waals surface area contributed by atoms with Gasteiger partial charge in [-0.15, -0.1) is 0 Å². The molecule has 0 bridgehead atoms. The van der Waals surface area contributed by atoms with E-state index in [2.05, 4.69) is 5.32 Å². The van der Waals surface area contributed by atoms with Crippen molar-refractivity contribution in [1.29, 1.82) is 0 Å². The Kier molecular flexibility index (Phi) is 2.95. The Morgan fingerprint density at radius 3 is 2.67 bits per heavy atom. The van der Waals surface area contributed by atoms with Gasteiger partial charge < -0.3 is 5.32 Å². The number of nitrogens with one attached hydrogen (secondary N) is 1. The molecule has 0 spiro atoms. The van der Waals surface area contributed by atoms with Gasteiger partial charge in [0.05, 0.1) is 0 Å². The van der Waals surface area contributed by atoms with E-state index in [0.29, 0.717) is 5.56 Å². The minimum absolute atomic E-state index is 0.0169. The van der Waals surface area contributed by atoms with Crippen LogP contribution in [0, 0.1) is 5.82 Å². The lowest BCUT2D eigenvalue weighted by molar-refractivity contribution is 0.151. The van der Waals surface area contributed by atoms with E-state index in [1.54, 1.807) is 0 Å². The molecular formula is C11H12F3N. The van der Waals surface area contributed by atoms with E-state index in [9.17, 15) is 13.2 Å². The molecule has 1 atom stereocenters. The highest BCUT2D eigenvalue weighted by molar-refractivity contribution is 5.28. The third-order valence-corrected chi connectivity index (χ3v) is 2.71. The molecule has 1 unspecified atom stereocenters. The van der Waals surface area contributed by atoms with Crippen LogP contribution in [0.25, 0.3) is 0 Å². The second-order valence-corrected chi connectivity index (χ2v) is 3.73. The Bertz CT molecular complexity index is 346. The first-order chi connectivity index (χ1) is 7.18. The van der Waals surface area contributed by atoms with Crippen LogP contribution in [0.4, 0.5) is 13.2 Å². The zero-order valence-electron chi connectivity index (χ0n) is 8.14. The van der Waals surface area contributed by atoms with E-state index in [1.807, 2.05) is 0 Å². The van der Waals surface area contributed by atoms with Gasteiger partial charge in [-0.3, -0.25) is 0 Å². The van der Waals surface area contributed by atoms with Crippen molar-refractivity contribution in [3.8, 4) is 0 Å². The maximum absolute atomic E-state index is 13.5. The number of benzene rings is 1. The summed E-state index contributed by atoms with van der Waals surface area (Å²) >= 11 is 0. The number of rotatable bonds is 2. The molecule has 15 heavy (non-hydrogen) atoms. The normalized spacial score (nSPS) is 21.2. The Morgan fingerprint density at radius 2 is 2.13 bits per heavy atom. The molecule has 1 aromatic rings. The molecule has 1 aromatic carbocycles. The SMILES string of the molecule is Fc1cc(C(F)F)ccc1C1CCCN1. The molecule has 4 heteroatoms. The first-order valence-electron chi connectivity index (χ1n) is 4.99. The summed E-state index contributed by atoms with van der Waals surface area (Å²) in [7, 11) is 0. The molecule has 0 radical (unpaired) electrons. The van der Waals surface area contributed by atoms with Gasteiger partial charge in [-0.2, -0.15) is 0 Å². The average Bonchev–Trinajstić information content (AvgIpc) is 2.70. The molecule has 82 valence electrons. The van der Waals surface area contributed by atoms with Gasteiger partial charge in [-0.05, 0) is 25.5 Å². The highest BCUT2D eigenvalue weighted by atomic mass is 19.3. The van der Waals surface area contributed by atoms with Gasteiger partial charge in [-0.1, -0.05) is 12.1 Å². The minimum Gasteiger partial charge on any atom is -0.310 e. The third-order valence-electron chi connectivity index (χ3n) is 2.71. The monoisotopic (exact) mass is 215 g/mol. The summed E-state index contributed by atoms with van der Waals surface area (Å²) in [6.07, 6.45) is -0.740. The molecule has 0 saturated carbocycles. The van der Waals surface area contributed by atoms with Crippen LogP contribution in [0.2, 0.25) is 0 Å². The lowest BCUT2D eigenvalue weighted by Gasteiger charge is -2.12. The van der Waals surface area contributed by atoms with Gasteiger partial charge in [0.1, 0.15) is 5.82 Å². The van der Waals surface area contributed by atoms with Crippen molar-refractivity contribution in [2.75, 3.05) is 6.54 Å². The second kappa shape index (κ2) is 4.23. The van der Waals surface area contributed by atoms with Crippen LogP contribution in [0.3, 0.4) is 0 Å². The van der Waals surface area contributed by atoms with E-state index in [0.717, 1.165) is 25.5 Å². The predicted octanol–water partition coefficient (Wildman–Crippen LogP) is 3.19. The molecule has 1 fully saturated rings. The van der Waals surface area contributed by atoms with Crippen molar-refractivity contribution in [3.05, 3.63) is 35.1 Å². The van der Waals surface area contributed by atoms with E-state index < -0.39 is 12.2 Å². The third kappa shape index (κ3) is 2.15. The summed E-state index contributed by atoms with van der Waals surface area (Å²) in [4.78, 5) is 0. The fourth-order valence-corrected chi connectivity index (χ4v) is 1.91. The first kappa shape index (κ1) is 10.5. The highest BCUT2D eigenvalue weighted by Gasteiger charge is 2.20. The van der Waals surface area contributed by atoms with Crippen molar-refractivity contribution < 1.29 is 13.2 Å². The van der Waals surface area contributed by atoms with Crippen LogP contribution in [-0.2, 0) is 0 Å². The van der Waals surface area contributed by atoms with E-state index in [-0.39, 0.29) is 11.6 Å². The lowest BCUT2D eigenvalue weighted by atomic mass is 10.0. The second-order valence-electron chi connectivity index (χ2n) is 3.73. The fourth-order valence-electron chi connectivity index (χ4n) is 1.91. The van der Waals surface area contributed by atoms with Gasteiger partial charge in [0.25, 0.3) is 6.43 Å². The van der Waals surface area contributed by atoms with Crippen LogP contribution < -0.4 is 5.32 Å². The van der Waals surface area contributed by atoms with Crippen LogP contribution >= 0.6 is 0 Å². The summed E-state index contributed by atoms with van der Waals surface area (Å²) in [6.45, 7) is 0.862. The number of hydrogen-bond donors (Lipinski definition) is 1. The molecule has 1 N–H and O–H groups in total. The summed E-state index contributed by atoms with van der Waals surface area (Å²) in [6, 6.07) is 3.67. The van der Waals surface area contributed by atoms with Crippen molar-refractivity contribution >= 4 is 0 Å². The smallest absolute Gasteiger partial charge is 0.263 e. The number of halogens is 3. The number of hydrogen-bond acceptors (Lipinski definition) is 1. The maximum atomic E-state index is 13.5. The summed E-state index contributed by atoms with van der Waals surface area (Å²) < 4.78 is 38.0. The molecule has 1 saturated heterocycles. The van der Waals surface area contributed by atoms with Gasteiger partial charge in [0.2, 0.25) is 0 Å². The molecule has 1 heterocycles. The van der Waals surface area contributed by atoms with Crippen molar-refractivity contribution in [3.63, 3.8) is 0 Å². The maximum Gasteiger partial charge on any atom is 0.263 e. The zero-order chi connectivity index (χ0) is 10.8. The molecule has 0 aromatic heterocycles.